The van der Waals surface area contributed by atoms with Crippen molar-refractivity contribution in [3.8, 4) is 5.75 Å². The van der Waals surface area contributed by atoms with Crippen LogP contribution < -0.4 is 4.74 Å². The molecule has 1 aliphatic heterocycles. The molecule has 0 N–H and O–H groups in total. The molecule has 2 atom stereocenters. The van der Waals surface area contributed by atoms with Crippen LogP contribution >= 0.6 is 11.6 Å². The van der Waals surface area contributed by atoms with Gasteiger partial charge in [0.05, 0.1) is 12.0 Å². The molecular weight excluding hydrogens is 437 g/mol. The van der Waals surface area contributed by atoms with Gasteiger partial charge in [-0.1, -0.05) is 23.7 Å². The van der Waals surface area contributed by atoms with Crippen LogP contribution in [0.15, 0.2) is 42.5 Å². The topological polar surface area (TPSA) is 75.9 Å². The fourth-order valence-corrected chi connectivity index (χ4v) is 4.05. The Balaban J connectivity index is 1.69. The molecule has 0 aromatic heterocycles. The number of amides is 1. The number of carbonyl (C=O) groups excluding carboxylic acids is 1. The zero-order chi connectivity index (χ0) is 23.4. The van der Waals surface area contributed by atoms with Gasteiger partial charge in [0.1, 0.15) is 11.6 Å². The first kappa shape index (κ1) is 23.7. The summed E-state index contributed by atoms with van der Waals surface area (Å²) in [6, 6.07) is 9.38. The quantitative estimate of drug-likeness (QED) is 0.359. The fourth-order valence-electron chi connectivity index (χ4n) is 3.79. The average Bonchev–Trinajstić information content (AvgIpc) is 2.76. The number of methoxy groups -OCH3 is 1. The van der Waals surface area contributed by atoms with Crippen LogP contribution in [0.3, 0.4) is 0 Å². The Bertz CT molecular complexity index is 1030. The Labute approximate surface area is 191 Å². The van der Waals surface area contributed by atoms with Crippen molar-refractivity contribution in [1.29, 1.82) is 0 Å². The molecule has 2 aromatic rings. The number of nitrogens with zero attached hydrogens (tertiary/aromatic N) is 3. The summed E-state index contributed by atoms with van der Waals surface area (Å²) in [5.74, 6) is -0.271. The Morgan fingerprint density at radius 3 is 2.56 bits per heavy atom. The molecule has 2 aromatic carbocycles. The molecule has 7 nitrogen and oxygen atoms in total. The van der Waals surface area contributed by atoms with Gasteiger partial charge in [-0.2, -0.15) is 0 Å². The van der Waals surface area contributed by atoms with Gasteiger partial charge in [-0.05, 0) is 49.2 Å². The summed E-state index contributed by atoms with van der Waals surface area (Å²) in [5.41, 5.74) is 1.18. The third-order valence-corrected chi connectivity index (χ3v) is 5.95. The lowest BCUT2D eigenvalue weighted by Crippen LogP contribution is -2.57. The number of nitro benzene ring substituents is 1. The van der Waals surface area contributed by atoms with E-state index in [2.05, 4.69) is 4.90 Å². The summed E-state index contributed by atoms with van der Waals surface area (Å²) < 4.78 is 18.3. The van der Waals surface area contributed by atoms with E-state index in [1.165, 1.54) is 37.5 Å². The van der Waals surface area contributed by atoms with Crippen molar-refractivity contribution < 1.29 is 18.8 Å². The van der Waals surface area contributed by atoms with Crippen molar-refractivity contribution in [3.05, 3.63) is 74.6 Å². The zero-order valence-corrected chi connectivity index (χ0v) is 18.9. The number of carbonyl (C=O) groups is 1. The molecule has 0 bridgehead atoms. The minimum atomic E-state index is -0.589. The molecule has 170 valence electrons. The second-order valence-electron chi connectivity index (χ2n) is 7.89. The van der Waals surface area contributed by atoms with Gasteiger partial charge in [0, 0.05) is 43.9 Å². The molecule has 1 amide bonds. The smallest absolute Gasteiger partial charge is 0.292 e. The lowest BCUT2D eigenvalue weighted by Gasteiger charge is -2.44. The largest absolute Gasteiger partial charge is 0.495 e. The summed E-state index contributed by atoms with van der Waals surface area (Å²) in [6.07, 6.45) is 2.93. The maximum absolute atomic E-state index is 13.2. The maximum Gasteiger partial charge on any atom is 0.292 e. The number of hydrogen-bond acceptors (Lipinski definition) is 5. The predicted molar refractivity (Wildman–Crippen MR) is 121 cm³/mol. The van der Waals surface area contributed by atoms with Gasteiger partial charge in [0.15, 0.2) is 5.02 Å². The molecule has 1 saturated heterocycles. The van der Waals surface area contributed by atoms with Crippen LogP contribution in [0.5, 0.6) is 5.75 Å². The first-order valence-electron chi connectivity index (χ1n) is 10.2. The van der Waals surface area contributed by atoms with Gasteiger partial charge in [-0.25, -0.2) is 4.39 Å². The highest BCUT2D eigenvalue weighted by Crippen LogP contribution is 2.35. The maximum atomic E-state index is 13.2. The van der Waals surface area contributed by atoms with Crippen LogP contribution in [0.2, 0.25) is 5.02 Å². The van der Waals surface area contributed by atoms with Crippen molar-refractivity contribution in [2.45, 2.75) is 32.5 Å². The molecule has 0 saturated carbocycles. The molecule has 1 aliphatic rings. The summed E-state index contributed by atoms with van der Waals surface area (Å²) in [6.45, 7) is 5.92. The highest BCUT2D eigenvalue weighted by molar-refractivity contribution is 6.34. The van der Waals surface area contributed by atoms with E-state index in [4.69, 9.17) is 16.3 Å². The van der Waals surface area contributed by atoms with E-state index in [1.54, 1.807) is 23.1 Å². The normalized spacial score (nSPS) is 19.3. The van der Waals surface area contributed by atoms with Crippen molar-refractivity contribution in [3.63, 3.8) is 0 Å². The van der Waals surface area contributed by atoms with Gasteiger partial charge in [-0.3, -0.25) is 19.8 Å². The lowest BCUT2D eigenvalue weighted by atomic mass is 10.1. The van der Waals surface area contributed by atoms with E-state index in [0.29, 0.717) is 25.2 Å². The van der Waals surface area contributed by atoms with E-state index < -0.39 is 4.92 Å². The third-order valence-electron chi connectivity index (χ3n) is 5.57. The SMILES string of the molecule is COc1cc(C=CC(=O)N2CC(C)N(Cc3ccc(F)cc3)CC2C)cc([N+](=O)[O-])c1Cl. The minimum Gasteiger partial charge on any atom is -0.495 e. The highest BCUT2D eigenvalue weighted by Gasteiger charge is 2.31. The lowest BCUT2D eigenvalue weighted by molar-refractivity contribution is -0.384. The van der Waals surface area contributed by atoms with E-state index in [1.807, 2.05) is 13.8 Å². The Hall–Kier alpha value is -2.97. The van der Waals surface area contributed by atoms with E-state index in [-0.39, 0.29) is 40.3 Å². The van der Waals surface area contributed by atoms with E-state index in [9.17, 15) is 19.3 Å². The number of nitro groups is 1. The summed E-state index contributed by atoms with van der Waals surface area (Å²) in [5, 5.41) is 11.1. The second kappa shape index (κ2) is 10.1. The molecule has 3 rings (SSSR count). The standard InChI is InChI=1S/C23H25ClFN3O4/c1-15-13-27(16(2)12-26(15)14-17-4-7-19(25)8-5-17)22(29)9-6-18-10-20(28(30)31)23(24)21(11-18)32-3/h4-11,15-16H,12-14H2,1-3H3. The zero-order valence-electron chi connectivity index (χ0n) is 18.1. The number of rotatable bonds is 6. The second-order valence-corrected chi connectivity index (χ2v) is 8.27. The monoisotopic (exact) mass is 461 g/mol. The third kappa shape index (κ3) is 5.44. The van der Waals surface area contributed by atoms with Crippen LogP contribution in [0, 0.1) is 15.9 Å². The Kier molecular flexibility index (Phi) is 7.48. The van der Waals surface area contributed by atoms with Crippen molar-refractivity contribution in [2.24, 2.45) is 0 Å². The van der Waals surface area contributed by atoms with Crippen molar-refractivity contribution >= 4 is 29.3 Å². The van der Waals surface area contributed by atoms with Gasteiger partial charge >= 0.3 is 0 Å². The summed E-state index contributed by atoms with van der Waals surface area (Å²) >= 11 is 5.99. The first-order chi connectivity index (χ1) is 15.2. The van der Waals surface area contributed by atoms with Gasteiger partial charge in [0.25, 0.3) is 5.69 Å². The van der Waals surface area contributed by atoms with E-state index in [0.717, 1.165) is 5.56 Å². The fraction of sp³-hybridized carbons (Fsp3) is 0.348. The molecule has 0 spiro atoms. The Morgan fingerprint density at radius 1 is 1.25 bits per heavy atom. The van der Waals surface area contributed by atoms with Crippen LogP contribution in [0.1, 0.15) is 25.0 Å². The summed E-state index contributed by atoms with van der Waals surface area (Å²) in [4.78, 5) is 27.5. The van der Waals surface area contributed by atoms with Gasteiger partial charge in [0.2, 0.25) is 5.91 Å². The molecule has 1 heterocycles. The Morgan fingerprint density at radius 2 is 1.94 bits per heavy atom. The molecule has 9 heteroatoms. The molecule has 2 unspecified atom stereocenters. The van der Waals surface area contributed by atoms with Crippen LogP contribution in [-0.2, 0) is 11.3 Å². The molecule has 0 radical (unpaired) electrons. The number of hydrogen-bond donors (Lipinski definition) is 0. The minimum absolute atomic E-state index is 0.0297. The van der Waals surface area contributed by atoms with Crippen LogP contribution in [0.4, 0.5) is 10.1 Å². The molecule has 1 fully saturated rings. The predicted octanol–water partition coefficient (Wildman–Crippen LogP) is 4.53. The molecule has 32 heavy (non-hydrogen) atoms. The van der Waals surface area contributed by atoms with Gasteiger partial charge < -0.3 is 9.64 Å². The van der Waals surface area contributed by atoms with Gasteiger partial charge in [-0.15, -0.1) is 0 Å². The molecular formula is C23H25ClFN3O4. The number of piperazine rings is 1. The average molecular weight is 462 g/mol. The number of benzene rings is 2. The van der Waals surface area contributed by atoms with Crippen LogP contribution in [-0.4, -0.2) is 52.9 Å². The van der Waals surface area contributed by atoms with Crippen molar-refractivity contribution in [2.75, 3.05) is 20.2 Å². The molecule has 0 aliphatic carbocycles. The highest BCUT2D eigenvalue weighted by atomic mass is 35.5. The van der Waals surface area contributed by atoms with Crippen LogP contribution in [0.25, 0.3) is 6.08 Å². The summed E-state index contributed by atoms with van der Waals surface area (Å²) in [7, 11) is 1.37. The number of ether oxygens (including phenoxy) is 1. The van der Waals surface area contributed by atoms with E-state index >= 15 is 0 Å². The van der Waals surface area contributed by atoms with Crippen molar-refractivity contribution in [1.82, 2.24) is 9.80 Å². The number of halogens is 2. The first-order valence-corrected chi connectivity index (χ1v) is 10.6.